The van der Waals surface area contributed by atoms with E-state index in [0.717, 1.165) is 5.82 Å². The predicted octanol–water partition coefficient (Wildman–Crippen LogP) is 1.24. The molecule has 0 spiro atoms. The third-order valence-corrected chi connectivity index (χ3v) is 2.98. The zero-order valence-electron chi connectivity index (χ0n) is 11.7. The van der Waals surface area contributed by atoms with Gasteiger partial charge in [-0.2, -0.15) is 0 Å². The Bertz CT molecular complexity index is 450. The van der Waals surface area contributed by atoms with Gasteiger partial charge in [-0.1, -0.05) is 0 Å². The lowest BCUT2D eigenvalue weighted by atomic mass is 10.1. The Morgan fingerprint density at radius 2 is 2.26 bits per heavy atom. The molecule has 1 aliphatic rings. The lowest BCUT2D eigenvalue weighted by Crippen LogP contribution is -2.39. The topological polar surface area (TPSA) is 67.6 Å². The highest BCUT2D eigenvalue weighted by molar-refractivity contribution is 5.68. The van der Waals surface area contributed by atoms with E-state index in [1.54, 1.807) is 11.1 Å². The van der Waals surface area contributed by atoms with Gasteiger partial charge in [0, 0.05) is 38.0 Å². The van der Waals surface area contributed by atoms with E-state index in [1.165, 1.54) is 0 Å². The summed E-state index contributed by atoms with van der Waals surface area (Å²) in [4.78, 5) is 18.0. The second kappa shape index (κ2) is 5.21. The first-order chi connectivity index (χ1) is 8.89. The Labute approximate surface area is 113 Å². The number of aromatic nitrogens is 2. The van der Waals surface area contributed by atoms with Crippen LogP contribution in [0.15, 0.2) is 12.4 Å². The standard InChI is InChI=1S/C13H21N3O3/c1-13(2,3)19-12(18)16-7-10(9-17)6-15-5-4-14-11(15)8-16/h4-5,10,17H,6-9H2,1-3H3/t10-/m0/s1. The summed E-state index contributed by atoms with van der Waals surface area (Å²) in [6.45, 7) is 7.13. The van der Waals surface area contributed by atoms with Crippen LogP contribution in [0.2, 0.25) is 0 Å². The fourth-order valence-electron chi connectivity index (χ4n) is 2.12. The van der Waals surface area contributed by atoms with Crippen molar-refractivity contribution in [3.63, 3.8) is 0 Å². The molecule has 0 aliphatic carbocycles. The number of fused-ring (bicyclic) bond motifs is 1. The molecule has 1 aromatic heterocycles. The van der Waals surface area contributed by atoms with Crippen molar-refractivity contribution in [2.24, 2.45) is 5.92 Å². The molecule has 2 heterocycles. The number of carbonyl (C=O) groups is 1. The van der Waals surface area contributed by atoms with Gasteiger partial charge in [-0.15, -0.1) is 0 Å². The fraction of sp³-hybridized carbons (Fsp3) is 0.692. The molecule has 2 rings (SSSR count). The summed E-state index contributed by atoms with van der Waals surface area (Å²) < 4.78 is 7.36. The minimum Gasteiger partial charge on any atom is -0.444 e. The van der Waals surface area contributed by atoms with E-state index in [0.29, 0.717) is 19.6 Å². The normalized spacial score (nSPS) is 19.8. The van der Waals surface area contributed by atoms with Gasteiger partial charge in [-0.25, -0.2) is 9.78 Å². The van der Waals surface area contributed by atoms with E-state index in [2.05, 4.69) is 4.98 Å². The third-order valence-electron chi connectivity index (χ3n) is 2.98. The zero-order chi connectivity index (χ0) is 14.0. The molecule has 0 fully saturated rings. The van der Waals surface area contributed by atoms with Gasteiger partial charge in [0.05, 0.1) is 6.54 Å². The molecule has 0 bridgehead atoms. The Balaban J connectivity index is 2.15. The van der Waals surface area contributed by atoms with Crippen molar-refractivity contribution in [3.8, 4) is 0 Å². The van der Waals surface area contributed by atoms with Crippen LogP contribution >= 0.6 is 0 Å². The number of carbonyl (C=O) groups excluding carboxylic acids is 1. The molecule has 0 radical (unpaired) electrons. The Morgan fingerprint density at radius 3 is 2.89 bits per heavy atom. The van der Waals surface area contributed by atoms with Gasteiger partial charge in [0.15, 0.2) is 0 Å². The number of aliphatic hydroxyl groups is 1. The van der Waals surface area contributed by atoms with Crippen LogP contribution in [0.3, 0.4) is 0 Å². The van der Waals surface area contributed by atoms with E-state index in [1.807, 2.05) is 31.5 Å². The second-order valence-corrected chi connectivity index (χ2v) is 5.91. The highest BCUT2D eigenvalue weighted by atomic mass is 16.6. The number of hydrogen-bond acceptors (Lipinski definition) is 4. The van der Waals surface area contributed by atoms with Crippen LogP contribution in [0.1, 0.15) is 26.6 Å². The van der Waals surface area contributed by atoms with Gasteiger partial charge in [-0.3, -0.25) is 0 Å². The van der Waals surface area contributed by atoms with Crippen molar-refractivity contribution in [1.82, 2.24) is 14.5 Å². The molecule has 6 nitrogen and oxygen atoms in total. The largest absolute Gasteiger partial charge is 0.444 e. The van der Waals surface area contributed by atoms with Gasteiger partial charge in [0.2, 0.25) is 0 Å². The number of nitrogens with zero attached hydrogens (tertiary/aromatic N) is 3. The van der Waals surface area contributed by atoms with Gasteiger partial charge in [-0.05, 0) is 20.8 Å². The van der Waals surface area contributed by atoms with Crippen LogP contribution in [0, 0.1) is 5.92 Å². The van der Waals surface area contributed by atoms with Crippen LogP contribution in [0.5, 0.6) is 0 Å². The Hall–Kier alpha value is -1.56. The summed E-state index contributed by atoms with van der Waals surface area (Å²) in [6, 6.07) is 0. The number of imidazole rings is 1. The molecular weight excluding hydrogens is 246 g/mol. The quantitative estimate of drug-likeness (QED) is 0.831. The second-order valence-electron chi connectivity index (χ2n) is 5.91. The predicted molar refractivity (Wildman–Crippen MR) is 69.4 cm³/mol. The first kappa shape index (κ1) is 13.9. The highest BCUT2D eigenvalue weighted by Gasteiger charge is 2.28. The van der Waals surface area contributed by atoms with Crippen molar-refractivity contribution in [2.45, 2.75) is 39.5 Å². The summed E-state index contributed by atoms with van der Waals surface area (Å²) in [6.07, 6.45) is 3.22. The molecule has 1 aromatic rings. The van der Waals surface area contributed by atoms with Crippen molar-refractivity contribution < 1.29 is 14.6 Å². The zero-order valence-corrected chi connectivity index (χ0v) is 11.7. The summed E-state index contributed by atoms with van der Waals surface area (Å²) in [7, 11) is 0. The van der Waals surface area contributed by atoms with Crippen molar-refractivity contribution >= 4 is 6.09 Å². The average molecular weight is 267 g/mol. The smallest absolute Gasteiger partial charge is 0.410 e. The fourth-order valence-corrected chi connectivity index (χ4v) is 2.12. The SMILES string of the molecule is CC(C)(C)OC(=O)N1Cc2nccn2C[C@H](CO)C1. The molecule has 0 saturated carbocycles. The maximum Gasteiger partial charge on any atom is 0.410 e. The molecular formula is C13H21N3O3. The minimum atomic E-state index is -0.520. The maximum atomic E-state index is 12.1. The van der Waals surface area contributed by atoms with Crippen molar-refractivity contribution in [2.75, 3.05) is 13.2 Å². The lowest BCUT2D eigenvalue weighted by Gasteiger charge is -2.27. The molecule has 0 aromatic carbocycles. The first-order valence-electron chi connectivity index (χ1n) is 6.48. The van der Waals surface area contributed by atoms with E-state index >= 15 is 0 Å². The number of ether oxygens (including phenoxy) is 1. The molecule has 0 saturated heterocycles. The Morgan fingerprint density at radius 1 is 1.53 bits per heavy atom. The molecule has 0 unspecified atom stereocenters. The van der Waals surface area contributed by atoms with E-state index in [-0.39, 0.29) is 18.6 Å². The molecule has 1 aliphatic heterocycles. The molecule has 1 N–H and O–H groups in total. The number of aliphatic hydroxyl groups excluding tert-OH is 1. The molecule has 106 valence electrons. The monoisotopic (exact) mass is 267 g/mol. The molecule has 1 amide bonds. The molecule has 6 heteroatoms. The van der Waals surface area contributed by atoms with E-state index in [4.69, 9.17) is 4.74 Å². The highest BCUT2D eigenvalue weighted by Crippen LogP contribution is 2.18. The van der Waals surface area contributed by atoms with E-state index < -0.39 is 5.60 Å². The van der Waals surface area contributed by atoms with Gasteiger partial charge < -0.3 is 19.3 Å². The molecule has 1 atom stereocenters. The van der Waals surface area contributed by atoms with Gasteiger partial charge in [0.1, 0.15) is 11.4 Å². The van der Waals surface area contributed by atoms with Crippen LogP contribution < -0.4 is 0 Å². The summed E-state index contributed by atoms with van der Waals surface area (Å²) in [5, 5.41) is 9.40. The number of hydrogen-bond donors (Lipinski definition) is 1. The summed E-state index contributed by atoms with van der Waals surface area (Å²) in [5.41, 5.74) is -0.520. The van der Waals surface area contributed by atoms with Crippen LogP contribution in [-0.2, 0) is 17.8 Å². The number of rotatable bonds is 1. The molecule has 19 heavy (non-hydrogen) atoms. The minimum absolute atomic E-state index is 0.00275. The van der Waals surface area contributed by atoms with E-state index in [9.17, 15) is 9.90 Å². The average Bonchev–Trinajstić information content (AvgIpc) is 2.64. The number of amides is 1. The summed E-state index contributed by atoms with van der Waals surface area (Å²) >= 11 is 0. The van der Waals surface area contributed by atoms with Gasteiger partial charge in [0.25, 0.3) is 0 Å². The lowest BCUT2D eigenvalue weighted by molar-refractivity contribution is 0.0190. The maximum absolute atomic E-state index is 12.1. The van der Waals surface area contributed by atoms with Crippen LogP contribution in [0.25, 0.3) is 0 Å². The summed E-state index contributed by atoms with van der Waals surface area (Å²) in [5.74, 6) is 0.824. The van der Waals surface area contributed by atoms with Gasteiger partial charge >= 0.3 is 6.09 Å². The van der Waals surface area contributed by atoms with Crippen LogP contribution in [-0.4, -0.2) is 44.4 Å². The first-order valence-corrected chi connectivity index (χ1v) is 6.48. The van der Waals surface area contributed by atoms with Crippen molar-refractivity contribution in [1.29, 1.82) is 0 Å². The van der Waals surface area contributed by atoms with Crippen LogP contribution in [0.4, 0.5) is 4.79 Å². The Kier molecular flexibility index (Phi) is 3.80. The third kappa shape index (κ3) is 3.47. The van der Waals surface area contributed by atoms with Crippen molar-refractivity contribution in [3.05, 3.63) is 18.2 Å².